The van der Waals surface area contributed by atoms with Gasteiger partial charge in [-0.1, -0.05) is 25.2 Å². The first-order valence-electron chi connectivity index (χ1n) is 12.3. The number of benzene rings is 2. The van der Waals surface area contributed by atoms with E-state index in [0.717, 1.165) is 32.2 Å². The highest BCUT2D eigenvalue weighted by molar-refractivity contribution is 7.90. The van der Waals surface area contributed by atoms with Gasteiger partial charge >= 0.3 is 0 Å². The van der Waals surface area contributed by atoms with Crippen molar-refractivity contribution < 1.29 is 21.6 Å². The van der Waals surface area contributed by atoms with E-state index >= 15 is 0 Å². The standard InChI is InChI=1S/C25H32N4O5S3.ClH/c1-4-27(5-2)16-17-29(25-26-22-13-12-21(36(3,31)32)18-23(22)35-25)24(30)19-8-10-20(11-9-19)37(33,34)28-14-6-7-15-28;/h8-13,18H,4-7,14-17H2,1-3H3;1H. The molecule has 4 rings (SSSR count). The van der Waals surface area contributed by atoms with Gasteiger partial charge in [-0.3, -0.25) is 9.69 Å². The van der Waals surface area contributed by atoms with Gasteiger partial charge in [0, 0.05) is 38.0 Å². The maximum absolute atomic E-state index is 13.7. The highest BCUT2D eigenvalue weighted by Crippen LogP contribution is 2.32. The van der Waals surface area contributed by atoms with Crippen molar-refractivity contribution in [2.24, 2.45) is 0 Å². The van der Waals surface area contributed by atoms with Crippen LogP contribution in [-0.4, -0.2) is 82.5 Å². The minimum absolute atomic E-state index is 0. The number of sulfonamides is 1. The molecule has 2 aromatic carbocycles. The molecule has 0 N–H and O–H groups in total. The zero-order valence-electron chi connectivity index (χ0n) is 21.7. The van der Waals surface area contributed by atoms with Crippen LogP contribution in [0.15, 0.2) is 52.3 Å². The monoisotopic (exact) mass is 600 g/mol. The number of rotatable bonds is 10. The SMILES string of the molecule is CCN(CC)CCN(C(=O)c1ccc(S(=O)(=O)N2CCCC2)cc1)c1nc2ccc(S(C)(=O)=O)cc2s1.Cl. The maximum Gasteiger partial charge on any atom is 0.260 e. The van der Waals surface area contributed by atoms with Crippen LogP contribution in [0.3, 0.4) is 0 Å². The second-order valence-electron chi connectivity index (χ2n) is 9.02. The third-order valence-electron chi connectivity index (χ3n) is 6.59. The van der Waals surface area contributed by atoms with Crippen molar-refractivity contribution in [3.8, 4) is 0 Å². The Hall–Kier alpha value is -2.09. The minimum atomic E-state index is -3.57. The quantitative estimate of drug-likeness (QED) is 0.347. The summed E-state index contributed by atoms with van der Waals surface area (Å²) in [4.78, 5) is 22.5. The molecular weight excluding hydrogens is 568 g/mol. The van der Waals surface area contributed by atoms with E-state index in [4.69, 9.17) is 0 Å². The van der Waals surface area contributed by atoms with Gasteiger partial charge in [0.25, 0.3) is 5.91 Å². The van der Waals surface area contributed by atoms with Crippen molar-refractivity contribution >= 4 is 64.9 Å². The molecule has 0 bridgehead atoms. The largest absolute Gasteiger partial charge is 0.302 e. The number of aromatic nitrogens is 1. The Balaban J connectivity index is 0.00000400. The predicted octanol–water partition coefficient (Wildman–Crippen LogP) is 3.89. The Morgan fingerprint density at radius 3 is 2.13 bits per heavy atom. The predicted molar refractivity (Wildman–Crippen MR) is 154 cm³/mol. The first-order chi connectivity index (χ1) is 17.5. The van der Waals surface area contributed by atoms with Gasteiger partial charge in [0.1, 0.15) is 0 Å². The molecule has 1 aliphatic rings. The van der Waals surface area contributed by atoms with E-state index in [1.54, 1.807) is 29.2 Å². The molecule has 9 nitrogen and oxygen atoms in total. The summed E-state index contributed by atoms with van der Waals surface area (Å²) in [6.07, 6.45) is 2.86. The molecular formula is C25H33ClN4O5S3. The van der Waals surface area contributed by atoms with Crippen LogP contribution < -0.4 is 4.90 Å². The highest BCUT2D eigenvalue weighted by atomic mass is 35.5. The zero-order valence-corrected chi connectivity index (χ0v) is 24.9. The molecule has 0 spiro atoms. The third-order valence-corrected chi connectivity index (χ3v) is 10.7. The van der Waals surface area contributed by atoms with Crippen molar-refractivity contribution in [2.75, 3.05) is 50.4 Å². The summed E-state index contributed by atoms with van der Waals surface area (Å²) in [5, 5.41) is 0.464. The van der Waals surface area contributed by atoms with E-state index in [-0.39, 0.29) is 28.1 Å². The van der Waals surface area contributed by atoms with Crippen LogP contribution in [0.1, 0.15) is 37.0 Å². The minimum Gasteiger partial charge on any atom is -0.302 e. The molecule has 0 aliphatic carbocycles. The normalized spacial score (nSPS) is 14.6. The number of anilines is 1. The fourth-order valence-electron chi connectivity index (χ4n) is 4.31. The van der Waals surface area contributed by atoms with E-state index < -0.39 is 19.9 Å². The van der Waals surface area contributed by atoms with Gasteiger partial charge in [-0.15, -0.1) is 12.4 Å². The number of thiazole rings is 1. The molecule has 1 saturated heterocycles. The lowest BCUT2D eigenvalue weighted by molar-refractivity contribution is 0.0983. The number of amides is 1. The lowest BCUT2D eigenvalue weighted by Crippen LogP contribution is -2.38. The van der Waals surface area contributed by atoms with Crippen LogP contribution in [0.25, 0.3) is 10.2 Å². The lowest BCUT2D eigenvalue weighted by Gasteiger charge is -2.25. The summed E-state index contributed by atoms with van der Waals surface area (Å²) < 4.78 is 51.9. The van der Waals surface area contributed by atoms with Gasteiger partial charge in [0.15, 0.2) is 15.0 Å². The van der Waals surface area contributed by atoms with Gasteiger partial charge in [-0.2, -0.15) is 4.31 Å². The maximum atomic E-state index is 13.7. The second kappa shape index (κ2) is 12.4. The van der Waals surface area contributed by atoms with Crippen LogP contribution >= 0.6 is 23.7 Å². The molecule has 3 aromatic rings. The zero-order chi connectivity index (χ0) is 26.8. The van der Waals surface area contributed by atoms with Gasteiger partial charge < -0.3 is 4.90 Å². The molecule has 38 heavy (non-hydrogen) atoms. The van der Waals surface area contributed by atoms with E-state index in [0.29, 0.717) is 47.1 Å². The lowest BCUT2D eigenvalue weighted by atomic mass is 10.2. The fraction of sp³-hybridized carbons (Fsp3) is 0.440. The van der Waals surface area contributed by atoms with Gasteiger partial charge in [0.2, 0.25) is 10.0 Å². The number of carbonyl (C=O) groups is 1. The van der Waals surface area contributed by atoms with Crippen molar-refractivity contribution in [2.45, 2.75) is 36.5 Å². The van der Waals surface area contributed by atoms with Crippen molar-refractivity contribution in [3.63, 3.8) is 0 Å². The summed E-state index contributed by atoms with van der Waals surface area (Å²) in [7, 11) is -6.95. The topological polar surface area (TPSA) is 108 Å². The van der Waals surface area contributed by atoms with Crippen molar-refractivity contribution in [3.05, 3.63) is 48.0 Å². The Kier molecular flexibility index (Phi) is 9.93. The molecule has 1 aliphatic heterocycles. The van der Waals surface area contributed by atoms with Gasteiger partial charge in [0.05, 0.1) is 20.0 Å². The molecule has 1 aromatic heterocycles. The van der Waals surface area contributed by atoms with E-state index in [1.165, 1.54) is 33.8 Å². The molecule has 2 heterocycles. The number of likely N-dealkylation sites (N-methyl/N-ethyl adjacent to an activating group) is 1. The Bertz CT molecular complexity index is 1480. The molecule has 1 fully saturated rings. The molecule has 208 valence electrons. The first kappa shape index (κ1) is 30.5. The number of hydrogen-bond acceptors (Lipinski definition) is 8. The van der Waals surface area contributed by atoms with Gasteiger partial charge in [-0.05, 0) is 68.4 Å². The number of nitrogens with zero attached hydrogens (tertiary/aromatic N) is 4. The van der Waals surface area contributed by atoms with Crippen molar-refractivity contribution in [1.29, 1.82) is 0 Å². The van der Waals surface area contributed by atoms with Crippen molar-refractivity contribution in [1.82, 2.24) is 14.2 Å². The number of hydrogen-bond donors (Lipinski definition) is 0. The molecule has 0 saturated carbocycles. The number of fused-ring (bicyclic) bond motifs is 1. The number of carbonyl (C=O) groups excluding carboxylic acids is 1. The number of halogens is 1. The van der Waals surface area contributed by atoms with E-state index in [9.17, 15) is 21.6 Å². The van der Waals surface area contributed by atoms with Crippen LogP contribution in [0, 0.1) is 0 Å². The van der Waals surface area contributed by atoms with Crippen LogP contribution in [0.2, 0.25) is 0 Å². The van der Waals surface area contributed by atoms with Crippen LogP contribution in [-0.2, 0) is 19.9 Å². The van der Waals surface area contributed by atoms with Crippen LogP contribution in [0.5, 0.6) is 0 Å². The van der Waals surface area contributed by atoms with Gasteiger partial charge in [-0.25, -0.2) is 21.8 Å². The second-order valence-corrected chi connectivity index (χ2v) is 14.0. The Labute approximate surface area is 234 Å². The summed E-state index contributed by atoms with van der Waals surface area (Å²) >= 11 is 1.26. The summed E-state index contributed by atoms with van der Waals surface area (Å²) in [5.41, 5.74) is 0.969. The molecule has 13 heteroatoms. The molecule has 0 atom stereocenters. The molecule has 0 unspecified atom stereocenters. The molecule has 0 radical (unpaired) electrons. The Morgan fingerprint density at radius 2 is 1.55 bits per heavy atom. The number of sulfone groups is 1. The summed E-state index contributed by atoms with van der Waals surface area (Å²) in [6.45, 7) is 7.82. The van der Waals surface area contributed by atoms with Crippen LogP contribution in [0.4, 0.5) is 5.13 Å². The van der Waals surface area contributed by atoms with E-state index in [2.05, 4.69) is 23.7 Å². The van der Waals surface area contributed by atoms with E-state index in [1.807, 2.05) is 0 Å². The highest BCUT2D eigenvalue weighted by Gasteiger charge is 2.28. The smallest absolute Gasteiger partial charge is 0.260 e. The third kappa shape index (κ3) is 6.54. The Morgan fingerprint density at radius 1 is 0.947 bits per heavy atom. The average Bonchev–Trinajstić information content (AvgIpc) is 3.56. The first-order valence-corrected chi connectivity index (χ1v) is 16.4. The average molecular weight is 601 g/mol. The summed E-state index contributed by atoms with van der Waals surface area (Å²) in [6, 6.07) is 10.8. The fourth-order valence-corrected chi connectivity index (χ4v) is 7.58. The summed E-state index contributed by atoms with van der Waals surface area (Å²) in [5.74, 6) is -0.292. The molecule has 1 amide bonds.